The molecule has 0 aromatic rings. The van der Waals surface area contributed by atoms with Crippen LogP contribution in [-0.2, 0) is 0 Å². The van der Waals surface area contributed by atoms with Crippen molar-refractivity contribution in [3.63, 3.8) is 0 Å². The number of halogens is 1. The van der Waals surface area contributed by atoms with E-state index in [0.717, 1.165) is 13.1 Å². The zero-order valence-electron chi connectivity index (χ0n) is 14.0. The van der Waals surface area contributed by atoms with Crippen molar-refractivity contribution in [1.29, 1.82) is 0 Å². The lowest BCUT2D eigenvalue weighted by Gasteiger charge is -2.30. The van der Waals surface area contributed by atoms with Crippen LogP contribution in [0.25, 0.3) is 0 Å². The molecular weight excluding hydrogens is 363 g/mol. The van der Waals surface area contributed by atoms with Gasteiger partial charge in [0.15, 0.2) is 5.96 Å². The molecule has 0 rings (SSSR count). The summed E-state index contributed by atoms with van der Waals surface area (Å²) in [6, 6.07) is 0. The van der Waals surface area contributed by atoms with Crippen LogP contribution in [0.3, 0.4) is 0 Å². The zero-order chi connectivity index (χ0) is 14.7. The second-order valence-electron chi connectivity index (χ2n) is 6.10. The van der Waals surface area contributed by atoms with Crippen molar-refractivity contribution in [1.82, 2.24) is 10.2 Å². The Bertz CT molecular complexity index is 252. The lowest BCUT2D eigenvalue weighted by atomic mass is 10.1. The van der Waals surface area contributed by atoms with Crippen molar-refractivity contribution >= 4 is 29.9 Å². The van der Waals surface area contributed by atoms with Gasteiger partial charge >= 0.3 is 0 Å². The van der Waals surface area contributed by atoms with E-state index in [1.165, 1.54) is 38.5 Å². The molecule has 0 radical (unpaired) electrons. The number of unbranched alkanes of at least 4 members (excludes halogenated alkanes) is 5. The Morgan fingerprint density at radius 2 is 1.65 bits per heavy atom. The maximum absolute atomic E-state index is 5.86. The Morgan fingerprint density at radius 1 is 1.10 bits per heavy atom. The molecule has 0 fully saturated rings. The minimum absolute atomic E-state index is 0. The molecule has 0 atom stereocenters. The molecule has 0 aromatic heterocycles. The molecule has 0 bridgehead atoms. The highest BCUT2D eigenvalue weighted by Crippen LogP contribution is 2.09. The third-order valence-electron chi connectivity index (χ3n) is 3.68. The number of nitrogens with two attached hydrogens (primary N) is 1. The van der Waals surface area contributed by atoms with Gasteiger partial charge in [0.05, 0.1) is 6.54 Å². The first-order valence-electron chi connectivity index (χ1n) is 7.61. The average Bonchev–Trinajstić information content (AvgIpc) is 2.35. The van der Waals surface area contributed by atoms with E-state index in [2.05, 4.69) is 50.1 Å². The van der Waals surface area contributed by atoms with Gasteiger partial charge < -0.3 is 16.0 Å². The molecule has 0 saturated carbocycles. The summed E-state index contributed by atoms with van der Waals surface area (Å²) in [6.07, 6.45) is 7.81. The summed E-state index contributed by atoms with van der Waals surface area (Å²) in [5.41, 5.74) is 5.91. The quantitative estimate of drug-likeness (QED) is 0.257. The second kappa shape index (κ2) is 12.7. The maximum atomic E-state index is 5.86. The van der Waals surface area contributed by atoms with E-state index in [0.29, 0.717) is 5.96 Å². The largest absolute Gasteiger partial charge is 0.370 e. The van der Waals surface area contributed by atoms with Crippen LogP contribution in [0.4, 0.5) is 0 Å². The molecule has 0 spiro atoms. The molecule has 0 amide bonds. The molecule has 5 heteroatoms. The summed E-state index contributed by atoms with van der Waals surface area (Å²) in [6.45, 7) is 8.22. The third-order valence-corrected chi connectivity index (χ3v) is 3.68. The number of nitrogens with zero attached hydrogens (tertiary/aromatic N) is 2. The van der Waals surface area contributed by atoms with Crippen molar-refractivity contribution in [3.05, 3.63) is 0 Å². The number of guanidine groups is 1. The van der Waals surface area contributed by atoms with Crippen molar-refractivity contribution in [2.45, 2.75) is 64.8 Å². The van der Waals surface area contributed by atoms with Crippen molar-refractivity contribution in [3.8, 4) is 0 Å². The number of nitrogens with one attached hydrogen (secondary N) is 1. The fourth-order valence-electron chi connectivity index (χ4n) is 1.60. The Morgan fingerprint density at radius 3 is 2.20 bits per heavy atom. The number of likely N-dealkylation sites (N-methyl/N-ethyl adjacent to an activating group) is 1. The van der Waals surface area contributed by atoms with Gasteiger partial charge in [0.1, 0.15) is 0 Å². The summed E-state index contributed by atoms with van der Waals surface area (Å²) in [5.74, 6) is 0.573. The Balaban J connectivity index is 0. The Hall–Kier alpha value is -0.0400. The molecule has 0 aliphatic heterocycles. The van der Waals surface area contributed by atoms with Gasteiger partial charge in [-0.05, 0) is 34.4 Å². The molecule has 0 aromatic carbocycles. The van der Waals surface area contributed by atoms with Crippen LogP contribution in [0.2, 0.25) is 0 Å². The topological polar surface area (TPSA) is 53.6 Å². The van der Waals surface area contributed by atoms with Crippen LogP contribution in [0.1, 0.15) is 59.3 Å². The van der Waals surface area contributed by atoms with E-state index in [1.54, 1.807) is 0 Å². The van der Waals surface area contributed by atoms with E-state index >= 15 is 0 Å². The average molecular weight is 398 g/mol. The standard InChI is InChI=1S/C15H34N4.HI/c1-6-7-8-9-10-11-12-17-14(16)18-13-15(2,3)19(4)5;/h6-13H2,1-5H3,(H3,16,17,18);1H. The lowest BCUT2D eigenvalue weighted by Crippen LogP contribution is -2.42. The fraction of sp³-hybridized carbons (Fsp3) is 0.933. The summed E-state index contributed by atoms with van der Waals surface area (Å²) in [4.78, 5) is 6.57. The van der Waals surface area contributed by atoms with E-state index in [-0.39, 0.29) is 29.5 Å². The van der Waals surface area contributed by atoms with Gasteiger partial charge in [-0.1, -0.05) is 39.0 Å². The van der Waals surface area contributed by atoms with Gasteiger partial charge in [-0.15, -0.1) is 24.0 Å². The molecule has 20 heavy (non-hydrogen) atoms. The van der Waals surface area contributed by atoms with E-state index in [9.17, 15) is 0 Å². The first kappa shape index (κ1) is 22.2. The zero-order valence-corrected chi connectivity index (χ0v) is 16.4. The monoisotopic (exact) mass is 398 g/mol. The fourth-order valence-corrected chi connectivity index (χ4v) is 1.60. The van der Waals surface area contributed by atoms with Crippen LogP contribution in [-0.4, -0.2) is 43.6 Å². The highest BCUT2D eigenvalue weighted by atomic mass is 127. The van der Waals surface area contributed by atoms with Crippen LogP contribution in [0.5, 0.6) is 0 Å². The molecule has 0 unspecified atom stereocenters. The molecule has 4 nitrogen and oxygen atoms in total. The molecule has 0 aliphatic rings. The SMILES string of the molecule is CCCCCCCCNC(N)=NCC(C)(C)N(C)C.I. The van der Waals surface area contributed by atoms with Gasteiger partial charge in [0.25, 0.3) is 0 Å². The number of aliphatic imine (C=N–C) groups is 1. The first-order chi connectivity index (χ1) is 8.90. The lowest BCUT2D eigenvalue weighted by molar-refractivity contribution is 0.205. The van der Waals surface area contributed by atoms with Crippen LogP contribution in [0, 0.1) is 0 Å². The highest BCUT2D eigenvalue weighted by molar-refractivity contribution is 14.0. The maximum Gasteiger partial charge on any atom is 0.188 e. The molecule has 0 aliphatic carbocycles. The van der Waals surface area contributed by atoms with E-state index in [4.69, 9.17) is 5.73 Å². The molecular formula is C15H35IN4. The number of hydrogen-bond donors (Lipinski definition) is 2. The minimum Gasteiger partial charge on any atom is -0.370 e. The van der Waals surface area contributed by atoms with Gasteiger partial charge in [0.2, 0.25) is 0 Å². The first-order valence-corrected chi connectivity index (χ1v) is 7.61. The summed E-state index contributed by atoms with van der Waals surface area (Å²) in [5, 5.41) is 3.19. The van der Waals surface area contributed by atoms with E-state index in [1.807, 2.05) is 0 Å². The van der Waals surface area contributed by atoms with Crippen LogP contribution >= 0.6 is 24.0 Å². The van der Waals surface area contributed by atoms with Crippen LogP contribution < -0.4 is 11.1 Å². The summed E-state index contributed by atoms with van der Waals surface area (Å²) < 4.78 is 0. The molecule has 122 valence electrons. The van der Waals surface area contributed by atoms with Crippen molar-refractivity contribution in [2.75, 3.05) is 27.2 Å². The van der Waals surface area contributed by atoms with Gasteiger partial charge in [-0.3, -0.25) is 4.99 Å². The number of rotatable bonds is 10. The summed E-state index contributed by atoms with van der Waals surface area (Å²) in [7, 11) is 4.13. The smallest absolute Gasteiger partial charge is 0.188 e. The molecule has 3 N–H and O–H groups in total. The normalized spacial score (nSPS) is 12.4. The van der Waals surface area contributed by atoms with Gasteiger partial charge in [-0.25, -0.2) is 0 Å². The van der Waals surface area contributed by atoms with Crippen LogP contribution in [0.15, 0.2) is 4.99 Å². The molecule has 0 saturated heterocycles. The Labute approximate surface area is 143 Å². The highest BCUT2D eigenvalue weighted by Gasteiger charge is 2.19. The minimum atomic E-state index is 0. The summed E-state index contributed by atoms with van der Waals surface area (Å²) >= 11 is 0. The predicted octanol–water partition coefficient (Wildman–Crippen LogP) is 3.21. The second-order valence-corrected chi connectivity index (χ2v) is 6.10. The van der Waals surface area contributed by atoms with E-state index < -0.39 is 0 Å². The van der Waals surface area contributed by atoms with Gasteiger partial charge in [-0.2, -0.15) is 0 Å². The molecule has 0 heterocycles. The third kappa shape index (κ3) is 11.8. The van der Waals surface area contributed by atoms with Gasteiger partial charge in [0, 0.05) is 12.1 Å². The number of hydrogen-bond acceptors (Lipinski definition) is 2. The van der Waals surface area contributed by atoms with Crippen molar-refractivity contribution < 1.29 is 0 Å². The Kier molecular flexibility index (Phi) is 14.1. The van der Waals surface area contributed by atoms with Crippen molar-refractivity contribution in [2.24, 2.45) is 10.7 Å². The predicted molar refractivity (Wildman–Crippen MR) is 101 cm³/mol.